The van der Waals surface area contributed by atoms with Crippen LogP contribution in [-0.4, -0.2) is 93.2 Å². The molecule has 1 saturated heterocycles. The number of phosphoric ester groups is 1. The molecule has 0 spiro atoms. The molecule has 2 heterocycles. The Labute approximate surface area is 248 Å². The lowest BCUT2D eigenvalue weighted by molar-refractivity contribution is -0.162. The summed E-state index contributed by atoms with van der Waals surface area (Å²) in [5.74, 6) is -1.66. The van der Waals surface area contributed by atoms with Gasteiger partial charge in [-0.15, -0.1) is 0 Å². The second-order valence-corrected chi connectivity index (χ2v) is 11.5. The van der Waals surface area contributed by atoms with Crippen molar-refractivity contribution in [1.82, 2.24) is 25.7 Å². The highest BCUT2D eigenvalue weighted by atomic mass is 32.2. The first-order valence-corrected chi connectivity index (χ1v) is 15.7. The van der Waals surface area contributed by atoms with Crippen molar-refractivity contribution in [2.75, 3.05) is 25.4 Å². The number of ether oxygens (including phenoxy) is 2. The summed E-state index contributed by atoms with van der Waals surface area (Å²) in [6.45, 7) is 0.287. The number of carbonyl (C=O) groups is 4. The van der Waals surface area contributed by atoms with Crippen LogP contribution >= 0.6 is 19.6 Å². The van der Waals surface area contributed by atoms with E-state index in [1.807, 2.05) is 6.26 Å². The predicted molar refractivity (Wildman–Crippen MR) is 148 cm³/mol. The van der Waals surface area contributed by atoms with Gasteiger partial charge in [0.05, 0.1) is 12.7 Å². The molecule has 1 aliphatic rings. The largest absolute Gasteiger partial charge is 0.469 e. The minimum Gasteiger partial charge on any atom is -0.368 e. The first kappa shape index (κ1) is 36.1. The Morgan fingerprint density at radius 2 is 2.02 bits per heavy atom. The van der Waals surface area contributed by atoms with Crippen LogP contribution in [0.1, 0.15) is 37.5 Å². The number of aryl methyl sites for hydroxylation is 1. The third-order valence-electron chi connectivity index (χ3n) is 6.09. The Balaban J connectivity index is 1.90. The van der Waals surface area contributed by atoms with Crippen LogP contribution in [0.4, 0.5) is 0 Å². The number of amides is 4. The molecule has 21 heteroatoms. The Morgan fingerprint density at radius 1 is 1.30 bits per heavy atom. The van der Waals surface area contributed by atoms with E-state index in [1.54, 1.807) is 0 Å². The van der Waals surface area contributed by atoms with Crippen LogP contribution in [-0.2, 0) is 42.6 Å². The third-order valence-corrected chi connectivity index (χ3v) is 7.22. The molecule has 4 amide bonds. The highest BCUT2D eigenvalue weighted by Gasteiger charge is 2.39. The quantitative estimate of drug-likeness (QED) is 0.0262. The first-order chi connectivity index (χ1) is 20.2. The fourth-order valence-corrected chi connectivity index (χ4v) is 4.70. The molecule has 5 atom stereocenters. The number of H-pyrrole nitrogens is 1. The van der Waals surface area contributed by atoms with Gasteiger partial charge in [0, 0.05) is 24.6 Å². The fourth-order valence-electron chi connectivity index (χ4n) is 3.89. The number of thioether (sulfide) groups is 1. The molecule has 1 aromatic heterocycles. The van der Waals surface area contributed by atoms with Crippen molar-refractivity contribution in [2.24, 2.45) is 5.73 Å². The lowest BCUT2D eigenvalue weighted by atomic mass is 10.1. The van der Waals surface area contributed by atoms with Crippen molar-refractivity contribution in [1.29, 1.82) is 0 Å². The van der Waals surface area contributed by atoms with Crippen LogP contribution in [0.25, 0.3) is 0 Å². The van der Waals surface area contributed by atoms with Crippen molar-refractivity contribution < 1.29 is 52.4 Å². The Morgan fingerprint density at radius 3 is 2.65 bits per heavy atom. The van der Waals surface area contributed by atoms with Gasteiger partial charge in [0.15, 0.2) is 6.79 Å². The summed E-state index contributed by atoms with van der Waals surface area (Å²) >= 11 is 1.46. The van der Waals surface area contributed by atoms with Gasteiger partial charge in [-0.25, -0.2) is 19.7 Å². The topological polar surface area (TPSA) is 280 Å². The third kappa shape index (κ3) is 12.2. The highest BCUT2D eigenvalue weighted by molar-refractivity contribution is 7.98. The standard InChI is InChI=1S/C22H35N6O13PS/c1-12-8-28(22(34)26-20(12)32)18-7-15(16(41-18)9-40-42(35,36)37)38-11-39-27-17(30)4-3-13(19(23)31)25-21(33)14(24-10-29)5-6-43-2/h8,10,13-16,18H,3-7,9,11H2,1-2H3,(H2,23,31)(H,24,29)(H,25,33)(H,27,30)(H,26,32,34)(H2,35,36,37)/t13-,14-,15-,16+,18+/m0/s1. The second-order valence-electron chi connectivity index (χ2n) is 9.24. The Kier molecular flexibility index (Phi) is 14.5. The van der Waals surface area contributed by atoms with Gasteiger partial charge in [0.1, 0.15) is 24.4 Å². The zero-order valence-electron chi connectivity index (χ0n) is 23.3. The fraction of sp³-hybridized carbons (Fsp3) is 0.636. The van der Waals surface area contributed by atoms with Crippen molar-refractivity contribution in [3.05, 3.63) is 32.6 Å². The van der Waals surface area contributed by atoms with Gasteiger partial charge in [0.2, 0.25) is 24.1 Å². The van der Waals surface area contributed by atoms with E-state index >= 15 is 0 Å². The number of nitrogens with one attached hydrogen (secondary N) is 4. The van der Waals surface area contributed by atoms with Crippen LogP contribution in [0.3, 0.4) is 0 Å². The summed E-state index contributed by atoms with van der Waals surface area (Å²) in [7, 11) is -4.87. The zero-order chi connectivity index (χ0) is 32.2. The molecule has 19 nitrogen and oxygen atoms in total. The van der Waals surface area contributed by atoms with E-state index in [2.05, 4.69) is 25.6 Å². The molecule has 242 valence electrons. The van der Waals surface area contributed by atoms with Crippen molar-refractivity contribution in [3.63, 3.8) is 0 Å². The first-order valence-electron chi connectivity index (χ1n) is 12.7. The summed E-state index contributed by atoms with van der Waals surface area (Å²) in [6.07, 6.45) is 0.265. The smallest absolute Gasteiger partial charge is 0.368 e. The number of phosphoric acid groups is 1. The molecular formula is C22H35N6O13PS. The maximum atomic E-state index is 12.4. The van der Waals surface area contributed by atoms with Crippen molar-refractivity contribution in [2.45, 2.75) is 63.1 Å². The number of hydroxylamine groups is 1. The van der Waals surface area contributed by atoms with Crippen LogP contribution in [0.15, 0.2) is 15.8 Å². The minimum atomic E-state index is -4.87. The van der Waals surface area contributed by atoms with Crippen LogP contribution < -0.4 is 33.1 Å². The molecule has 8 N–H and O–H groups in total. The Hall–Kier alpha value is -3.10. The van der Waals surface area contributed by atoms with Crippen molar-refractivity contribution in [3.8, 4) is 0 Å². The van der Waals surface area contributed by atoms with Gasteiger partial charge in [-0.2, -0.15) is 11.8 Å². The van der Waals surface area contributed by atoms with E-state index in [4.69, 9.17) is 29.8 Å². The van der Waals surface area contributed by atoms with E-state index in [0.717, 1.165) is 4.57 Å². The van der Waals surface area contributed by atoms with Crippen molar-refractivity contribution >= 4 is 43.7 Å². The zero-order valence-corrected chi connectivity index (χ0v) is 25.0. The number of aromatic nitrogens is 2. The number of aromatic amines is 1. The van der Waals surface area contributed by atoms with Crippen LogP contribution in [0.5, 0.6) is 0 Å². The van der Waals surface area contributed by atoms with Gasteiger partial charge in [-0.1, -0.05) is 0 Å². The predicted octanol–water partition coefficient (Wildman–Crippen LogP) is -2.75. The molecule has 1 aliphatic heterocycles. The van der Waals surface area contributed by atoms with E-state index in [-0.39, 0.29) is 24.8 Å². The Bertz CT molecular complexity index is 1290. The summed E-state index contributed by atoms with van der Waals surface area (Å²) in [5.41, 5.74) is 6.27. The van der Waals surface area contributed by atoms with E-state index in [9.17, 15) is 33.3 Å². The number of nitrogens with two attached hydrogens (primary N) is 1. The molecule has 0 unspecified atom stereocenters. The lowest BCUT2D eigenvalue weighted by Crippen LogP contribution is -2.52. The average molecular weight is 655 g/mol. The summed E-state index contributed by atoms with van der Waals surface area (Å²) in [6, 6.07) is -2.09. The molecule has 0 saturated carbocycles. The molecule has 1 aromatic rings. The van der Waals surface area contributed by atoms with E-state index < -0.39 is 80.7 Å². The molecule has 1 fully saturated rings. The number of rotatable bonds is 19. The number of hydrogen-bond acceptors (Lipinski definition) is 12. The summed E-state index contributed by atoms with van der Waals surface area (Å²) < 4.78 is 28.0. The molecular weight excluding hydrogens is 619 g/mol. The molecule has 2 rings (SSSR count). The highest BCUT2D eigenvalue weighted by Crippen LogP contribution is 2.38. The van der Waals surface area contributed by atoms with E-state index in [1.165, 1.54) is 24.9 Å². The summed E-state index contributed by atoms with van der Waals surface area (Å²) in [4.78, 5) is 96.4. The molecule has 0 aromatic carbocycles. The minimum absolute atomic E-state index is 0.0191. The summed E-state index contributed by atoms with van der Waals surface area (Å²) in [5, 5.41) is 4.77. The van der Waals surface area contributed by atoms with Gasteiger partial charge >= 0.3 is 13.5 Å². The van der Waals surface area contributed by atoms with Gasteiger partial charge < -0.3 is 35.6 Å². The number of nitrogens with zero attached hydrogens (tertiary/aromatic N) is 1. The normalized spacial score (nSPS) is 19.8. The van der Waals surface area contributed by atoms with Gasteiger partial charge in [0.25, 0.3) is 5.56 Å². The number of hydrogen-bond donors (Lipinski definition) is 7. The van der Waals surface area contributed by atoms with Crippen LogP contribution in [0.2, 0.25) is 0 Å². The molecule has 0 aliphatic carbocycles. The van der Waals surface area contributed by atoms with Crippen LogP contribution in [0, 0.1) is 6.92 Å². The maximum Gasteiger partial charge on any atom is 0.469 e. The number of carbonyl (C=O) groups excluding carboxylic acids is 4. The molecule has 0 radical (unpaired) electrons. The van der Waals surface area contributed by atoms with Gasteiger partial charge in [-0.05, 0) is 31.8 Å². The number of primary amides is 1. The molecule has 43 heavy (non-hydrogen) atoms. The molecule has 0 bridgehead atoms. The monoisotopic (exact) mass is 654 g/mol. The lowest BCUT2D eigenvalue weighted by Gasteiger charge is -2.20. The maximum absolute atomic E-state index is 12.4. The second kappa shape index (κ2) is 17.3. The average Bonchev–Trinajstić information content (AvgIpc) is 3.34. The van der Waals surface area contributed by atoms with E-state index in [0.29, 0.717) is 18.6 Å². The van der Waals surface area contributed by atoms with Gasteiger partial charge in [-0.3, -0.25) is 38.0 Å². The SMILES string of the molecule is CSCC[C@H](NC=O)C(=O)N[C@@H](CCC(=O)NOCO[C@H]1C[C@H](n2cc(C)c(=O)[nH]c2=O)O[C@@H]1COP(=O)(O)O)C(N)=O.